The van der Waals surface area contributed by atoms with Gasteiger partial charge in [0.2, 0.25) is 10.0 Å². The Morgan fingerprint density at radius 2 is 1.94 bits per heavy atom. The number of aryl methyl sites for hydroxylation is 1. The molecule has 4 rings (SSSR count). The maximum absolute atomic E-state index is 13.1. The van der Waals surface area contributed by atoms with Crippen LogP contribution in [0.2, 0.25) is 5.02 Å². The second kappa shape index (κ2) is 8.10. The van der Waals surface area contributed by atoms with Gasteiger partial charge in [0.25, 0.3) is 0 Å². The van der Waals surface area contributed by atoms with Crippen molar-refractivity contribution in [2.24, 2.45) is 0 Å². The molecule has 11 heteroatoms. The second-order valence-corrected chi connectivity index (χ2v) is 9.87. The van der Waals surface area contributed by atoms with E-state index >= 15 is 0 Å². The number of hydrogen-bond donors (Lipinski definition) is 1. The van der Waals surface area contributed by atoms with Crippen LogP contribution in [0.25, 0.3) is 11.2 Å². The predicted octanol–water partition coefficient (Wildman–Crippen LogP) is 2.27. The van der Waals surface area contributed by atoms with Gasteiger partial charge in [0.15, 0.2) is 5.65 Å². The lowest BCUT2D eigenvalue weighted by Crippen LogP contribution is -2.41. The molecule has 3 aromatic rings. The van der Waals surface area contributed by atoms with E-state index in [0.717, 1.165) is 5.56 Å². The number of carboxylic acid groups (broad SMARTS) is 1. The van der Waals surface area contributed by atoms with Crippen LogP contribution in [-0.4, -0.2) is 51.0 Å². The molecule has 0 amide bonds. The zero-order valence-corrected chi connectivity index (χ0v) is 18.3. The molecule has 0 atom stereocenters. The van der Waals surface area contributed by atoms with Crippen LogP contribution < -0.4 is 5.69 Å². The molecule has 0 aliphatic carbocycles. The number of rotatable bonds is 5. The fourth-order valence-electron chi connectivity index (χ4n) is 4.01. The van der Waals surface area contributed by atoms with E-state index in [0.29, 0.717) is 24.0 Å². The Bertz CT molecular complexity index is 1320. The van der Waals surface area contributed by atoms with Crippen LogP contribution >= 0.6 is 11.6 Å². The van der Waals surface area contributed by atoms with Crippen LogP contribution in [0.4, 0.5) is 0 Å². The first-order chi connectivity index (χ1) is 14.7. The number of fused-ring (bicyclic) bond motifs is 1. The quantitative estimate of drug-likeness (QED) is 0.619. The number of piperidine rings is 1. The van der Waals surface area contributed by atoms with E-state index in [4.69, 9.17) is 11.6 Å². The summed E-state index contributed by atoms with van der Waals surface area (Å²) in [5.74, 6) is -1.12. The van der Waals surface area contributed by atoms with Crippen molar-refractivity contribution in [3.05, 3.63) is 57.6 Å². The highest BCUT2D eigenvalue weighted by Crippen LogP contribution is 2.30. The van der Waals surface area contributed by atoms with Crippen LogP contribution in [0.3, 0.4) is 0 Å². The summed E-state index contributed by atoms with van der Waals surface area (Å²) in [5, 5.41) is 9.39. The number of benzene rings is 1. The van der Waals surface area contributed by atoms with Gasteiger partial charge in [0, 0.05) is 25.3 Å². The van der Waals surface area contributed by atoms with Crippen molar-refractivity contribution in [2.75, 3.05) is 13.1 Å². The first-order valence-electron chi connectivity index (χ1n) is 9.74. The Morgan fingerprint density at radius 1 is 1.26 bits per heavy atom. The Kier molecular flexibility index (Phi) is 5.63. The molecule has 1 fully saturated rings. The van der Waals surface area contributed by atoms with E-state index in [9.17, 15) is 23.1 Å². The third-order valence-electron chi connectivity index (χ3n) is 5.48. The molecule has 1 aliphatic heterocycles. The third-order valence-corrected chi connectivity index (χ3v) is 7.87. The van der Waals surface area contributed by atoms with Crippen LogP contribution in [0, 0.1) is 6.92 Å². The Morgan fingerprint density at radius 3 is 2.58 bits per heavy atom. The molecule has 164 valence electrons. The van der Waals surface area contributed by atoms with Crippen molar-refractivity contribution >= 4 is 38.8 Å². The molecule has 0 spiro atoms. The van der Waals surface area contributed by atoms with Gasteiger partial charge in [-0.15, -0.1) is 0 Å². The average Bonchev–Trinajstić information content (AvgIpc) is 2.99. The number of halogens is 1. The summed E-state index contributed by atoms with van der Waals surface area (Å²) in [4.78, 5) is 28.8. The summed E-state index contributed by atoms with van der Waals surface area (Å²) < 4.78 is 30.0. The molecule has 1 saturated heterocycles. The van der Waals surface area contributed by atoms with Gasteiger partial charge in [0.05, 0.1) is 10.5 Å². The van der Waals surface area contributed by atoms with E-state index < -0.39 is 28.2 Å². The third kappa shape index (κ3) is 3.86. The van der Waals surface area contributed by atoms with Gasteiger partial charge in [-0.05, 0) is 43.5 Å². The zero-order valence-electron chi connectivity index (χ0n) is 16.7. The fourth-order valence-corrected chi connectivity index (χ4v) is 5.97. The van der Waals surface area contributed by atoms with Crippen LogP contribution in [0.5, 0.6) is 0 Å². The van der Waals surface area contributed by atoms with Crippen molar-refractivity contribution in [3.63, 3.8) is 0 Å². The summed E-state index contributed by atoms with van der Waals surface area (Å²) in [6.45, 7) is 1.77. The summed E-state index contributed by atoms with van der Waals surface area (Å²) in [6.07, 6.45) is 2.41. The van der Waals surface area contributed by atoms with Gasteiger partial charge in [-0.25, -0.2) is 18.2 Å². The topological polar surface area (TPSA) is 114 Å². The van der Waals surface area contributed by atoms with Gasteiger partial charge in [-0.3, -0.25) is 13.9 Å². The molecule has 0 saturated carbocycles. The number of aliphatic carboxylic acids is 1. The molecule has 3 heterocycles. The van der Waals surface area contributed by atoms with E-state index in [1.165, 1.54) is 25.6 Å². The van der Waals surface area contributed by atoms with Gasteiger partial charge in [-0.1, -0.05) is 23.7 Å². The molecule has 31 heavy (non-hydrogen) atoms. The maximum Gasteiger partial charge on any atom is 0.331 e. The lowest BCUT2D eigenvalue weighted by atomic mass is 10.1. The first-order valence-corrected chi connectivity index (χ1v) is 11.6. The van der Waals surface area contributed by atoms with E-state index in [2.05, 4.69) is 4.98 Å². The van der Waals surface area contributed by atoms with Crippen LogP contribution in [0.1, 0.15) is 24.4 Å². The summed E-state index contributed by atoms with van der Waals surface area (Å²) in [6, 6.07) is 7.74. The lowest BCUT2D eigenvalue weighted by molar-refractivity contribution is -0.137. The predicted molar refractivity (Wildman–Crippen MR) is 115 cm³/mol. The molecule has 0 radical (unpaired) electrons. The van der Waals surface area contributed by atoms with Crippen molar-refractivity contribution in [1.82, 2.24) is 18.4 Å². The van der Waals surface area contributed by atoms with Crippen molar-refractivity contribution in [3.8, 4) is 0 Å². The number of nitrogens with zero attached hydrogens (tertiary/aromatic N) is 4. The molecule has 1 aliphatic rings. The van der Waals surface area contributed by atoms with Crippen LogP contribution in [0.15, 0.2) is 46.2 Å². The maximum atomic E-state index is 13.1. The molecule has 0 bridgehead atoms. The molecular weight excluding hydrogens is 444 g/mol. The van der Waals surface area contributed by atoms with Gasteiger partial charge >= 0.3 is 11.7 Å². The summed E-state index contributed by atoms with van der Waals surface area (Å²) in [5.41, 5.74) is 1.22. The molecule has 0 unspecified atom stereocenters. The Labute approximate surface area is 183 Å². The normalized spacial score (nSPS) is 16.1. The minimum absolute atomic E-state index is 0.0579. The SMILES string of the molecule is Cc1cnc2c(c1)n(CC(=O)O)c(=O)n2C1CCN(S(=O)(=O)c2ccccc2Cl)CC1. The molecule has 9 nitrogen and oxygen atoms in total. The summed E-state index contributed by atoms with van der Waals surface area (Å²) in [7, 11) is -3.75. The number of carbonyl (C=O) groups is 1. The van der Waals surface area contributed by atoms with Crippen LogP contribution in [-0.2, 0) is 21.4 Å². The van der Waals surface area contributed by atoms with E-state index in [-0.39, 0.29) is 29.0 Å². The number of hydrogen-bond acceptors (Lipinski definition) is 5. The smallest absolute Gasteiger partial charge is 0.331 e. The monoisotopic (exact) mass is 464 g/mol. The number of pyridine rings is 1. The van der Waals surface area contributed by atoms with Crippen molar-refractivity contribution < 1.29 is 18.3 Å². The van der Waals surface area contributed by atoms with E-state index in [1.54, 1.807) is 24.4 Å². The number of aromatic nitrogens is 3. The van der Waals surface area contributed by atoms with E-state index in [1.807, 2.05) is 6.92 Å². The highest BCUT2D eigenvalue weighted by molar-refractivity contribution is 7.89. The zero-order chi connectivity index (χ0) is 22.3. The van der Waals surface area contributed by atoms with Crippen molar-refractivity contribution in [2.45, 2.75) is 37.2 Å². The average molecular weight is 465 g/mol. The highest BCUT2D eigenvalue weighted by atomic mass is 35.5. The number of sulfonamides is 1. The van der Waals surface area contributed by atoms with Crippen molar-refractivity contribution in [1.29, 1.82) is 0 Å². The molecule has 1 N–H and O–H groups in total. The molecular formula is C20H21ClN4O5S. The fraction of sp³-hybridized carbons (Fsp3) is 0.350. The number of carboxylic acids is 1. The van der Waals surface area contributed by atoms with Gasteiger partial charge in [-0.2, -0.15) is 4.31 Å². The van der Waals surface area contributed by atoms with Gasteiger partial charge < -0.3 is 5.11 Å². The first kappa shape index (κ1) is 21.5. The highest BCUT2D eigenvalue weighted by Gasteiger charge is 2.33. The summed E-state index contributed by atoms with van der Waals surface area (Å²) >= 11 is 6.09. The van der Waals surface area contributed by atoms with Gasteiger partial charge in [0.1, 0.15) is 11.4 Å². The number of imidazole rings is 1. The molecule has 2 aromatic heterocycles. The Hall–Kier alpha value is -2.69. The standard InChI is InChI=1S/C20H21ClN4O5S/c1-13-10-16-19(22-11-13)25(20(28)24(16)12-18(26)27)14-6-8-23(9-7-14)31(29,30)17-5-3-2-4-15(17)21/h2-5,10-11,14H,6-9,12H2,1H3,(H,26,27). The minimum atomic E-state index is -3.75. The molecule has 1 aromatic carbocycles. The minimum Gasteiger partial charge on any atom is -0.480 e. The lowest BCUT2D eigenvalue weighted by Gasteiger charge is -2.31. The largest absolute Gasteiger partial charge is 0.480 e. The second-order valence-electron chi connectivity index (χ2n) is 7.55. The Balaban J connectivity index is 1.65.